The van der Waals surface area contributed by atoms with Crippen molar-refractivity contribution in [3.05, 3.63) is 65.2 Å². The van der Waals surface area contributed by atoms with Crippen LogP contribution in [-0.4, -0.2) is 58.3 Å². The maximum absolute atomic E-state index is 11.5. The summed E-state index contributed by atoms with van der Waals surface area (Å²) in [6.45, 7) is 5.87. The van der Waals surface area contributed by atoms with E-state index < -0.39 is 9.84 Å². The molecule has 1 aliphatic rings. The van der Waals surface area contributed by atoms with Crippen LogP contribution >= 0.6 is 0 Å². The van der Waals surface area contributed by atoms with E-state index in [9.17, 15) is 8.42 Å². The van der Waals surface area contributed by atoms with E-state index in [1.54, 1.807) is 19.2 Å². The zero-order valence-corrected chi connectivity index (χ0v) is 18.9. The van der Waals surface area contributed by atoms with Gasteiger partial charge in [0.05, 0.1) is 4.90 Å². The number of guanidine groups is 1. The van der Waals surface area contributed by atoms with Crippen molar-refractivity contribution in [2.45, 2.75) is 37.2 Å². The lowest BCUT2D eigenvalue weighted by Gasteiger charge is -2.34. The number of aliphatic imine (C=N–C) groups is 1. The molecule has 1 unspecified atom stereocenters. The van der Waals surface area contributed by atoms with Gasteiger partial charge >= 0.3 is 0 Å². The van der Waals surface area contributed by atoms with E-state index in [-0.39, 0.29) is 0 Å². The van der Waals surface area contributed by atoms with Gasteiger partial charge in [0.25, 0.3) is 0 Å². The van der Waals surface area contributed by atoms with Crippen molar-refractivity contribution >= 4 is 15.8 Å². The molecular weight excluding hydrogens is 396 g/mol. The molecule has 0 aliphatic carbocycles. The average Bonchev–Trinajstić information content (AvgIpc) is 2.75. The van der Waals surface area contributed by atoms with Crippen LogP contribution in [0, 0.1) is 0 Å². The van der Waals surface area contributed by atoms with Crippen molar-refractivity contribution in [1.82, 2.24) is 15.5 Å². The molecule has 1 atom stereocenters. The Kier molecular flexibility index (Phi) is 7.50. The highest BCUT2D eigenvalue weighted by molar-refractivity contribution is 7.90. The van der Waals surface area contributed by atoms with E-state index in [1.807, 2.05) is 12.1 Å². The van der Waals surface area contributed by atoms with Gasteiger partial charge in [-0.1, -0.05) is 36.4 Å². The highest BCUT2D eigenvalue weighted by Crippen LogP contribution is 2.19. The molecule has 6 nitrogen and oxygen atoms in total. The molecule has 3 rings (SSSR count). The van der Waals surface area contributed by atoms with Crippen LogP contribution in [0.3, 0.4) is 0 Å². The third-order valence-corrected chi connectivity index (χ3v) is 6.76. The van der Waals surface area contributed by atoms with Crippen molar-refractivity contribution in [3.8, 4) is 0 Å². The first-order chi connectivity index (χ1) is 14.4. The minimum Gasteiger partial charge on any atom is -0.356 e. The molecule has 0 aromatic heterocycles. The fourth-order valence-corrected chi connectivity index (χ4v) is 4.35. The van der Waals surface area contributed by atoms with E-state index in [0.717, 1.165) is 50.5 Å². The van der Waals surface area contributed by atoms with Crippen LogP contribution in [0.5, 0.6) is 0 Å². The van der Waals surface area contributed by atoms with Gasteiger partial charge in [0, 0.05) is 45.5 Å². The van der Waals surface area contributed by atoms with Gasteiger partial charge in [0.15, 0.2) is 15.8 Å². The van der Waals surface area contributed by atoms with Gasteiger partial charge in [-0.05, 0) is 48.6 Å². The highest BCUT2D eigenvalue weighted by Gasteiger charge is 2.20. The summed E-state index contributed by atoms with van der Waals surface area (Å²) in [7, 11) is -1.37. The number of sulfone groups is 1. The van der Waals surface area contributed by atoms with E-state index in [1.165, 1.54) is 17.4 Å². The summed E-state index contributed by atoms with van der Waals surface area (Å²) in [5, 5.41) is 6.76. The number of nitrogens with zero attached hydrogens (tertiary/aromatic N) is 2. The SMILES string of the molecule is CN=C(NCCc1ccc(S(C)(=O)=O)cc1)NCC(C)N1CCc2ccccc2C1. The maximum Gasteiger partial charge on any atom is 0.191 e. The van der Waals surface area contributed by atoms with Gasteiger partial charge in [-0.25, -0.2) is 8.42 Å². The van der Waals surface area contributed by atoms with Crippen LogP contribution in [0.15, 0.2) is 58.4 Å². The number of nitrogens with one attached hydrogen (secondary N) is 2. The fourth-order valence-electron chi connectivity index (χ4n) is 3.72. The first kappa shape index (κ1) is 22.3. The van der Waals surface area contributed by atoms with Crippen molar-refractivity contribution in [2.24, 2.45) is 4.99 Å². The van der Waals surface area contributed by atoms with Crippen molar-refractivity contribution in [3.63, 3.8) is 0 Å². The second-order valence-electron chi connectivity index (χ2n) is 7.88. The Morgan fingerprint density at radius 1 is 1.10 bits per heavy atom. The standard InChI is InChI=1S/C23H32N4O2S/c1-18(27-15-13-20-6-4-5-7-21(20)17-27)16-26-23(24-2)25-14-12-19-8-10-22(11-9-19)30(3,28)29/h4-11,18H,12-17H2,1-3H3,(H2,24,25,26). The molecule has 2 aromatic carbocycles. The Labute approximate surface area is 180 Å². The Morgan fingerprint density at radius 3 is 2.47 bits per heavy atom. The van der Waals surface area contributed by atoms with Crippen LogP contribution in [-0.2, 0) is 29.2 Å². The lowest BCUT2D eigenvalue weighted by atomic mass is 9.99. The van der Waals surface area contributed by atoms with Crippen LogP contribution in [0.2, 0.25) is 0 Å². The Bertz CT molecular complexity index is 971. The summed E-state index contributed by atoms with van der Waals surface area (Å²) >= 11 is 0. The molecule has 30 heavy (non-hydrogen) atoms. The largest absolute Gasteiger partial charge is 0.356 e. The molecular formula is C23H32N4O2S. The van der Waals surface area contributed by atoms with Gasteiger partial charge < -0.3 is 10.6 Å². The lowest BCUT2D eigenvalue weighted by Crippen LogP contribution is -2.47. The molecule has 1 heterocycles. The lowest BCUT2D eigenvalue weighted by molar-refractivity contribution is 0.191. The van der Waals surface area contributed by atoms with Gasteiger partial charge in [-0.2, -0.15) is 0 Å². The van der Waals surface area contributed by atoms with Crippen molar-refractivity contribution < 1.29 is 8.42 Å². The fraction of sp³-hybridized carbons (Fsp3) is 0.435. The van der Waals surface area contributed by atoms with Crippen LogP contribution in [0.4, 0.5) is 0 Å². The molecule has 2 N–H and O–H groups in total. The minimum atomic E-state index is -3.15. The number of hydrogen-bond donors (Lipinski definition) is 2. The van der Waals surface area contributed by atoms with E-state index in [0.29, 0.717) is 10.9 Å². The number of hydrogen-bond acceptors (Lipinski definition) is 4. The molecule has 0 saturated carbocycles. The zero-order chi connectivity index (χ0) is 21.6. The zero-order valence-electron chi connectivity index (χ0n) is 18.1. The van der Waals surface area contributed by atoms with E-state index in [4.69, 9.17) is 0 Å². The van der Waals surface area contributed by atoms with Gasteiger partial charge in [-0.3, -0.25) is 9.89 Å². The van der Waals surface area contributed by atoms with Crippen molar-refractivity contribution in [2.75, 3.05) is 32.9 Å². The summed E-state index contributed by atoms with van der Waals surface area (Å²) in [5.74, 6) is 0.784. The highest BCUT2D eigenvalue weighted by atomic mass is 32.2. The Balaban J connectivity index is 1.43. The monoisotopic (exact) mass is 428 g/mol. The molecule has 0 radical (unpaired) electrons. The second kappa shape index (κ2) is 10.1. The topological polar surface area (TPSA) is 73.8 Å². The minimum absolute atomic E-state index is 0.353. The molecule has 0 amide bonds. The second-order valence-corrected chi connectivity index (χ2v) is 9.90. The molecule has 7 heteroatoms. The molecule has 0 saturated heterocycles. The first-order valence-electron chi connectivity index (χ1n) is 10.4. The molecule has 162 valence electrons. The number of rotatable bonds is 7. The summed E-state index contributed by atoms with van der Waals surface area (Å²) in [6.07, 6.45) is 3.12. The third kappa shape index (κ3) is 6.06. The average molecular weight is 429 g/mol. The number of fused-ring (bicyclic) bond motifs is 1. The molecule has 0 bridgehead atoms. The summed E-state index contributed by atoms with van der Waals surface area (Å²) in [4.78, 5) is 7.17. The smallest absolute Gasteiger partial charge is 0.191 e. The predicted molar refractivity (Wildman–Crippen MR) is 123 cm³/mol. The molecule has 2 aromatic rings. The molecule has 0 fully saturated rings. The van der Waals surface area contributed by atoms with Crippen LogP contribution < -0.4 is 10.6 Å². The van der Waals surface area contributed by atoms with Gasteiger partial charge in [0.2, 0.25) is 0 Å². The quantitative estimate of drug-likeness (QED) is 0.523. The third-order valence-electron chi connectivity index (χ3n) is 5.63. The predicted octanol–water partition coefficient (Wildman–Crippen LogP) is 2.24. The Morgan fingerprint density at radius 2 is 1.80 bits per heavy atom. The van der Waals surface area contributed by atoms with E-state index in [2.05, 4.69) is 51.7 Å². The van der Waals surface area contributed by atoms with E-state index >= 15 is 0 Å². The van der Waals surface area contributed by atoms with Crippen LogP contribution in [0.1, 0.15) is 23.6 Å². The maximum atomic E-state index is 11.5. The summed E-state index contributed by atoms with van der Waals surface area (Å²) in [6, 6.07) is 16.2. The van der Waals surface area contributed by atoms with Crippen molar-refractivity contribution in [1.29, 1.82) is 0 Å². The molecule has 1 aliphatic heterocycles. The first-order valence-corrected chi connectivity index (χ1v) is 12.3. The molecule has 0 spiro atoms. The van der Waals surface area contributed by atoms with Crippen LogP contribution in [0.25, 0.3) is 0 Å². The summed E-state index contributed by atoms with van der Waals surface area (Å²) in [5.41, 5.74) is 3.99. The normalized spacial score (nSPS) is 16.0. The number of benzene rings is 2. The van der Waals surface area contributed by atoms with Gasteiger partial charge in [-0.15, -0.1) is 0 Å². The summed E-state index contributed by atoms with van der Waals surface area (Å²) < 4.78 is 23.1. The van der Waals surface area contributed by atoms with Gasteiger partial charge in [0.1, 0.15) is 0 Å². The Hall–Kier alpha value is -2.38.